The van der Waals surface area contributed by atoms with Crippen molar-refractivity contribution in [3.05, 3.63) is 82.9 Å². The molecule has 3 aromatic rings. The van der Waals surface area contributed by atoms with Crippen molar-refractivity contribution in [2.24, 2.45) is 0 Å². The first kappa shape index (κ1) is 33.2. The van der Waals surface area contributed by atoms with Crippen molar-refractivity contribution in [3.63, 3.8) is 0 Å². The highest BCUT2D eigenvalue weighted by atomic mass is 35.5. The Morgan fingerprint density at radius 2 is 1.33 bits per heavy atom. The van der Waals surface area contributed by atoms with Gasteiger partial charge in [-0.25, -0.2) is 9.59 Å². The van der Waals surface area contributed by atoms with E-state index in [4.69, 9.17) is 30.5 Å². The van der Waals surface area contributed by atoms with Crippen LogP contribution in [0.5, 0.6) is 11.5 Å². The van der Waals surface area contributed by atoms with Crippen LogP contribution in [0, 0.1) is 0 Å². The molecule has 7 heteroatoms. The summed E-state index contributed by atoms with van der Waals surface area (Å²) in [5, 5.41) is 0.137. The van der Waals surface area contributed by atoms with Crippen LogP contribution in [0.3, 0.4) is 0 Å². The quantitative estimate of drug-likeness (QED) is 0.0830. The molecule has 1 atom stereocenters. The molecule has 0 aliphatic carbocycles. The van der Waals surface area contributed by atoms with Gasteiger partial charge in [0.1, 0.15) is 18.1 Å². The molecule has 0 spiro atoms. The molecule has 3 rings (SSSR count). The smallest absolute Gasteiger partial charge is 0.343 e. The summed E-state index contributed by atoms with van der Waals surface area (Å²) in [6.07, 6.45) is 10.8. The SMILES string of the molecule is CCCCCCCCCCOc1ccc(-c2ccc(C(=O)Oc3ccc(C(=O)OCC(CC)OC)cc3Cl)cc2)cc1. The molecule has 0 aliphatic heterocycles. The van der Waals surface area contributed by atoms with Crippen LogP contribution in [0.25, 0.3) is 11.1 Å². The van der Waals surface area contributed by atoms with E-state index in [1.165, 1.54) is 63.1 Å². The lowest BCUT2D eigenvalue weighted by Gasteiger charge is -2.13. The first-order chi connectivity index (χ1) is 20.4. The highest BCUT2D eigenvalue weighted by Gasteiger charge is 2.16. The summed E-state index contributed by atoms with van der Waals surface area (Å²) in [6.45, 7) is 5.07. The largest absolute Gasteiger partial charge is 0.494 e. The molecule has 0 aliphatic rings. The van der Waals surface area contributed by atoms with Crippen LogP contribution in [0.4, 0.5) is 0 Å². The summed E-state index contributed by atoms with van der Waals surface area (Å²) in [7, 11) is 1.57. The fraction of sp³-hybridized carbons (Fsp3) is 0.429. The van der Waals surface area contributed by atoms with Gasteiger partial charge >= 0.3 is 11.9 Å². The summed E-state index contributed by atoms with van der Waals surface area (Å²) in [5.41, 5.74) is 2.64. The molecule has 226 valence electrons. The zero-order valence-corrected chi connectivity index (χ0v) is 25.8. The van der Waals surface area contributed by atoms with Crippen LogP contribution in [0.15, 0.2) is 66.7 Å². The lowest BCUT2D eigenvalue weighted by atomic mass is 10.0. The Kier molecular flexibility index (Phi) is 14.4. The molecular formula is C35H43ClO6. The van der Waals surface area contributed by atoms with Gasteiger partial charge in [-0.1, -0.05) is 94.7 Å². The third-order valence-corrected chi connectivity index (χ3v) is 7.43. The van der Waals surface area contributed by atoms with Crippen molar-refractivity contribution >= 4 is 23.5 Å². The van der Waals surface area contributed by atoms with Crippen LogP contribution in [-0.4, -0.2) is 38.4 Å². The Morgan fingerprint density at radius 1 is 0.738 bits per heavy atom. The number of hydrogen-bond acceptors (Lipinski definition) is 6. The highest BCUT2D eigenvalue weighted by Crippen LogP contribution is 2.28. The predicted octanol–water partition coefficient (Wildman–Crippen LogP) is 9.33. The first-order valence-electron chi connectivity index (χ1n) is 15.0. The maximum absolute atomic E-state index is 12.7. The second kappa shape index (κ2) is 18.2. The number of hydrogen-bond donors (Lipinski definition) is 0. The minimum absolute atomic E-state index is 0.137. The van der Waals surface area contributed by atoms with Crippen LogP contribution in [0.2, 0.25) is 5.02 Å². The minimum atomic E-state index is -0.547. The number of methoxy groups -OCH3 is 1. The number of esters is 2. The Morgan fingerprint density at radius 3 is 1.93 bits per heavy atom. The fourth-order valence-electron chi connectivity index (χ4n) is 4.44. The van der Waals surface area contributed by atoms with E-state index in [1.807, 2.05) is 43.3 Å². The van der Waals surface area contributed by atoms with E-state index in [1.54, 1.807) is 19.2 Å². The zero-order chi connectivity index (χ0) is 30.2. The van der Waals surface area contributed by atoms with Gasteiger partial charge in [-0.2, -0.15) is 0 Å². The number of carbonyl (C=O) groups is 2. The number of unbranched alkanes of at least 4 members (excludes halogenated alkanes) is 7. The topological polar surface area (TPSA) is 71.1 Å². The first-order valence-corrected chi connectivity index (χ1v) is 15.4. The monoisotopic (exact) mass is 594 g/mol. The maximum atomic E-state index is 12.7. The molecule has 0 heterocycles. The predicted molar refractivity (Wildman–Crippen MR) is 168 cm³/mol. The van der Waals surface area contributed by atoms with Gasteiger partial charge in [0.25, 0.3) is 0 Å². The number of ether oxygens (including phenoxy) is 4. The lowest BCUT2D eigenvalue weighted by molar-refractivity contribution is 0.00972. The van der Waals surface area contributed by atoms with Crippen molar-refractivity contribution < 1.29 is 28.5 Å². The van der Waals surface area contributed by atoms with Gasteiger partial charge in [-0.3, -0.25) is 0 Å². The number of carbonyl (C=O) groups excluding carboxylic acids is 2. The highest BCUT2D eigenvalue weighted by molar-refractivity contribution is 6.32. The van der Waals surface area contributed by atoms with Gasteiger partial charge in [0.15, 0.2) is 0 Å². The molecule has 0 bridgehead atoms. The van der Waals surface area contributed by atoms with Crippen LogP contribution >= 0.6 is 11.6 Å². The number of halogens is 1. The van der Waals surface area contributed by atoms with Crippen LogP contribution in [0.1, 0.15) is 92.4 Å². The molecule has 0 aromatic heterocycles. The van der Waals surface area contributed by atoms with Crippen molar-refractivity contribution in [2.75, 3.05) is 20.3 Å². The molecule has 1 unspecified atom stereocenters. The minimum Gasteiger partial charge on any atom is -0.494 e. The van der Waals surface area contributed by atoms with E-state index in [9.17, 15) is 9.59 Å². The molecule has 0 N–H and O–H groups in total. The average Bonchev–Trinajstić information content (AvgIpc) is 3.02. The molecule has 0 fully saturated rings. The lowest BCUT2D eigenvalue weighted by Crippen LogP contribution is -2.20. The van der Waals surface area contributed by atoms with Crippen LogP contribution in [-0.2, 0) is 9.47 Å². The van der Waals surface area contributed by atoms with E-state index >= 15 is 0 Å². The molecule has 0 saturated heterocycles. The van der Waals surface area contributed by atoms with E-state index < -0.39 is 11.9 Å². The molecule has 3 aromatic carbocycles. The maximum Gasteiger partial charge on any atom is 0.343 e. The van der Waals surface area contributed by atoms with Gasteiger partial charge in [-0.15, -0.1) is 0 Å². The summed E-state index contributed by atoms with van der Waals surface area (Å²) < 4.78 is 21.9. The van der Waals surface area contributed by atoms with Crippen molar-refractivity contribution in [1.82, 2.24) is 0 Å². The summed E-state index contributed by atoms with van der Waals surface area (Å²) in [6, 6.07) is 19.6. The van der Waals surface area contributed by atoms with Gasteiger partial charge in [0.2, 0.25) is 0 Å². The Bertz CT molecular complexity index is 1240. The molecule has 0 radical (unpaired) electrons. The van der Waals surface area contributed by atoms with Gasteiger partial charge in [0.05, 0.1) is 28.9 Å². The van der Waals surface area contributed by atoms with Crippen LogP contribution < -0.4 is 9.47 Å². The molecule has 0 saturated carbocycles. The van der Waals surface area contributed by atoms with E-state index in [0.717, 1.165) is 36.3 Å². The number of benzene rings is 3. The van der Waals surface area contributed by atoms with E-state index in [-0.39, 0.29) is 29.0 Å². The second-order valence-electron chi connectivity index (χ2n) is 10.3. The third-order valence-electron chi connectivity index (χ3n) is 7.13. The second-order valence-corrected chi connectivity index (χ2v) is 10.7. The van der Waals surface area contributed by atoms with Crippen molar-refractivity contribution in [2.45, 2.75) is 77.7 Å². The van der Waals surface area contributed by atoms with E-state index in [0.29, 0.717) is 5.56 Å². The normalized spacial score (nSPS) is 11.6. The molecule has 42 heavy (non-hydrogen) atoms. The van der Waals surface area contributed by atoms with E-state index in [2.05, 4.69) is 6.92 Å². The molecule has 6 nitrogen and oxygen atoms in total. The average molecular weight is 595 g/mol. The Hall–Kier alpha value is -3.35. The van der Waals surface area contributed by atoms with Gasteiger partial charge < -0.3 is 18.9 Å². The Balaban J connectivity index is 1.46. The third kappa shape index (κ3) is 10.8. The van der Waals surface area contributed by atoms with Crippen molar-refractivity contribution in [1.29, 1.82) is 0 Å². The standard InChI is InChI=1S/C35H43ClO6/c1-4-6-7-8-9-10-11-12-23-40-31-20-17-27(18-21-31)26-13-15-28(16-14-26)35(38)42-33-22-19-29(24-32(33)36)34(37)41-25-30(5-2)39-3/h13-22,24,30H,4-12,23,25H2,1-3H3. The fourth-order valence-corrected chi connectivity index (χ4v) is 4.66. The van der Waals surface area contributed by atoms with Gasteiger partial charge in [0, 0.05) is 7.11 Å². The van der Waals surface area contributed by atoms with Crippen molar-refractivity contribution in [3.8, 4) is 22.6 Å². The van der Waals surface area contributed by atoms with Gasteiger partial charge in [-0.05, 0) is 66.4 Å². The molecule has 0 amide bonds. The Labute approximate surface area is 255 Å². The summed E-state index contributed by atoms with van der Waals surface area (Å²) in [5.74, 6) is -0.0512. The zero-order valence-electron chi connectivity index (χ0n) is 25.0. The summed E-state index contributed by atoms with van der Waals surface area (Å²) >= 11 is 6.30. The summed E-state index contributed by atoms with van der Waals surface area (Å²) in [4.78, 5) is 25.1. The molecular weight excluding hydrogens is 552 g/mol. The number of rotatable bonds is 18.